The molecule has 1 spiro atoms. The standard InChI is InChI=1S/C21H28N2O7/c1-20(2,3)30-18(25)22-12-21(13-22)14-23(16(11-29-21)17(24)27-4)19(26)28-10-15-8-6-5-7-9-15/h5-9,16H,10-14H2,1-4H3/t16-/m1/s1. The van der Waals surface area contributed by atoms with Gasteiger partial charge in [-0.2, -0.15) is 0 Å². The van der Waals surface area contributed by atoms with E-state index in [1.807, 2.05) is 30.3 Å². The smallest absolute Gasteiger partial charge is 0.411 e. The fraction of sp³-hybridized carbons (Fsp3) is 0.571. The lowest BCUT2D eigenvalue weighted by Crippen LogP contribution is -2.74. The molecule has 0 aliphatic carbocycles. The Morgan fingerprint density at radius 1 is 1.10 bits per heavy atom. The Morgan fingerprint density at radius 3 is 2.37 bits per heavy atom. The third-order valence-electron chi connectivity index (χ3n) is 4.90. The second-order valence-electron chi connectivity index (χ2n) is 8.54. The molecule has 0 bridgehead atoms. The lowest BCUT2D eigenvalue weighted by molar-refractivity contribution is -0.197. The van der Waals surface area contributed by atoms with Gasteiger partial charge in [0.25, 0.3) is 0 Å². The van der Waals surface area contributed by atoms with Gasteiger partial charge in [0.05, 0.1) is 33.4 Å². The molecule has 0 saturated carbocycles. The Labute approximate surface area is 175 Å². The van der Waals surface area contributed by atoms with Crippen molar-refractivity contribution < 1.29 is 33.3 Å². The van der Waals surface area contributed by atoms with Crippen LogP contribution in [-0.4, -0.2) is 78.6 Å². The van der Waals surface area contributed by atoms with Gasteiger partial charge in [-0.25, -0.2) is 14.4 Å². The molecule has 2 saturated heterocycles. The van der Waals surface area contributed by atoms with Gasteiger partial charge in [-0.3, -0.25) is 4.90 Å². The fourth-order valence-corrected chi connectivity index (χ4v) is 3.43. The summed E-state index contributed by atoms with van der Waals surface area (Å²) in [4.78, 5) is 40.0. The monoisotopic (exact) mass is 420 g/mol. The number of benzene rings is 1. The van der Waals surface area contributed by atoms with Gasteiger partial charge in [-0.15, -0.1) is 0 Å². The maximum absolute atomic E-state index is 12.8. The molecule has 2 fully saturated rings. The second kappa shape index (κ2) is 8.51. The highest BCUT2D eigenvalue weighted by atomic mass is 16.6. The molecular formula is C21H28N2O7. The largest absolute Gasteiger partial charge is 0.467 e. The quantitative estimate of drug-likeness (QED) is 0.546. The number of carbonyl (C=O) groups excluding carboxylic acids is 3. The van der Waals surface area contributed by atoms with E-state index in [0.29, 0.717) is 0 Å². The van der Waals surface area contributed by atoms with Crippen molar-refractivity contribution in [3.63, 3.8) is 0 Å². The molecule has 2 aliphatic rings. The van der Waals surface area contributed by atoms with E-state index < -0.39 is 35.4 Å². The zero-order valence-corrected chi connectivity index (χ0v) is 17.8. The van der Waals surface area contributed by atoms with Gasteiger partial charge in [0.2, 0.25) is 0 Å². The SMILES string of the molecule is COC(=O)[C@H]1COC2(CN(C(=O)OC(C)(C)C)C2)CN1C(=O)OCc1ccccc1. The van der Waals surface area contributed by atoms with Crippen LogP contribution in [0, 0.1) is 0 Å². The predicted molar refractivity (Wildman–Crippen MR) is 106 cm³/mol. The number of carbonyl (C=O) groups is 3. The Balaban J connectivity index is 1.64. The van der Waals surface area contributed by atoms with Gasteiger partial charge >= 0.3 is 18.2 Å². The maximum atomic E-state index is 12.8. The van der Waals surface area contributed by atoms with Crippen LogP contribution in [0.4, 0.5) is 9.59 Å². The summed E-state index contributed by atoms with van der Waals surface area (Å²) in [5, 5.41) is 0. The van der Waals surface area contributed by atoms with E-state index in [0.717, 1.165) is 5.56 Å². The van der Waals surface area contributed by atoms with Crippen LogP contribution < -0.4 is 0 Å². The van der Waals surface area contributed by atoms with Gasteiger partial charge in [-0.05, 0) is 26.3 Å². The molecule has 3 rings (SSSR count). The van der Waals surface area contributed by atoms with Crippen molar-refractivity contribution in [2.75, 3.05) is 33.4 Å². The summed E-state index contributed by atoms with van der Waals surface area (Å²) < 4.78 is 21.5. The van der Waals surface area contributed by atoms with Crippen LogP contribution in [0.5, 0.6) is 0 Å². The van der Waals surface area contributed by atoms with Crippen molar-refractivity contribution in [2.24, 2.45) is 0 Å². The van der Waals surface area contributed by atoms with Crippen LogP contribution in [0.2, 0.25) is 0 Å². The zero-order valence-electron chi connectivity index (χ0n) is 17.8. The Kier molecular flexibility index (Phi) is 6.21. The Hall–Kier alpha value is -2.81. The molecule has 1 atom stereocenters. The molecule has 2 amide bonds. The fourth-order valence-electron chi connectivity index (χ4n) is 3.43. The number of hydrogen-bond donors (Lipinski definition) is 0. The number of rotatable bonds is 3. The Bertz CT molecular complexity index is 784. The molecule has 0 radical (unpaired) electrons. The minimum Gasteiger partial charge on any atom is -0.467 e. The molecule has 2 heterocycles. The molecule has 30 heavy (non-hydrogen) atoms. The normalized spacial score (nSPS) is 20.3. The first-order chi connectivity index (χ1) is 14.1. The van der Waals surface area contributed by atoms with E-state index in [9.17, 15) is 14.4 Å². The minimum absolute atomic E-state index is 0.0325. The van der Waals surface area contributed by atoms with Crippen molar-refractivity contribution in [3.8, 4) is 0 Å². The van der Waals surface area contributed by atoms with Gasteiger partial charge in [0.1, 0.15) is 17.8 Å². The molecule has 164 valence electrons. The number of methoxy groups -OCH3 is 1. The molecule has 1 aromatic rings. The Morgan fingerprint density at radius 2 is 1.77 bits per heavy atom. The molecular weight excluding hydrogens is 392 g/mol. The van der Waals surface area contributed by atoms with Gasteiger partial charge in [0, 0.05) is 0 Å². The van der Waals surface area contributed by atoms with Crippen LogP contribution in [0.15, 0.2) is 30.3 Å². The predicted octanol–water partition coefficient (Wildman–Crippen LogP) is 2.19. The summed E-state index contributed by atoms with van der Waals surface area (Å²) >= 11 is 0. The third-order valence-corrected chi connectivity index (χ3v) is 4.90. The summed E-state index contributed by atoms with van der Waals surface area (Å²) in [6, 6.07) is 8.36. The lowest BCUT2D eigenvalue weighted by Gasteiger charge is -2.54. The molecule has 0 aromatic heterocycles. The van der Waals surface area contributed by atoms with Crippen molar-refractivity contribution in [1.29, 1.82) is 0 Å². The number of hydrogen-bond acceptors (Lipinski definition) is 7. The first-order valence-electron chi connectivity index (χ1n) is 9.79. The molecule has 1 aromatic carbocycles. The minimum atomic E-state index is -0.903. The highest BCUT2D eigenvalue weighted by Gasteiger charge is 2.54. The van der Waals surface area contributed by atoms with E-state index >= 15 is 0 Å². The first kappa shape index (κ1) is 21.9. The van der Waals surface area contributed by atoms with Crippen molar-refractivity contribution in [3.05, 3.63) is 35.9 Å². The summed E-state index contributed by atoms with van der Waals surface area (Å²) in [6.45, 7) is 6.07. The molecule has 0 N–H and O–H groups in total. The first-order valence-corrected chi connectivity index (χ1v) is 9.79. The number of nitrogens with zero attached hydrogens (tertiary/aromatic N) is 2. The topological polar surface area (TPSA) is 94.6 Å². The van der Waals surface area contributed by atoms with Gasteiger partial charge < -0.3 is 23.8 Å². The zero-order chi connectivity index (χ0) is 21.9. The number of ether oxygens (including phenoxy) is 4. The highest BCUT2D eigenvalue weighted by Crippen LogP contribution is 2.33. The van der Waals surface area contributed by atoms with E-state index in [-0.39, 0.29) is 32.8 Å². The summed E-state index contributed by atoms with van der Waals surface area (Å²) in [5.41, 5.74) is -0.521. The molecule has 0 unspecified atom stereocenters. The molecule has 2 aliphatic heterocycles. The van der Waals surface area contributed by atoms with Crippen LogP contribution >= 0.6 is 0 Å². The van der Waals surface area contributed by atoms with E-state index in [2.05, 4.69) is 0 Å². The number of amides is 2. The summed E-state index contributed by atoms with van der Waals surface area (Å²) in [5.74, 6) is -0.579. The highest BCUT2D eigenvalue weighted by molar-refractivity contribution is 5.82. The van der Waals surface area contributed by atoms with E-state index in [1.54, 1.807) is 20.8 Å². The van der Waals surface area contributed by atoms with Crippen LogP contribution in [0.1, 0.15) is 26.3 Å². The maximum Gasteiger partial charge on any atom is 0.411 e. The van der Waals surface area contributed by atoms with Crippen LogP contribution in [0.3, 0.4) is 0 Å². The molecule has 9 heteroatoms. The summed E-state index contributed by atoms with van der Waals surface area (Å²) in [6.07, 6.45) is -1.07. The van der Waals surface area contributed by atoms with E-state index in [1.165, 1.54) is 16.9 Å². The van der Waals surface area contributed by atoms with Gasteiger partial charge in [0.15, 0.2) is 6.04 Å². The van der Waals surface area contributed by atoms with Crippen molar-refractivity contribution in [2.45, 2.75) is 44.6 Å². The lowest BCUT2D eigenvalue weighted by atomic mass is 9.91. The van der Waals surface area contributed by atoms with Crippen molar-refractivity contribution in [1.82, 2.24) is 9.80 Å². The third kappa shape index (κ3) is 5.02. The number of morpholine rings is 1. The van der Waals surface area contributed by atoms with Crippen molar-refractivity contribution >= 4 is 18.2 Å². The van der Waals surface area contributed by atoms with Gasteiger partial charge in [-0.1, -0.05) is 30.3 Å². The average Bonchev–Trinajstić information content (AvgIpc) is 2.68. The average molecular weight is 420 g/mol. The molecule has 9 nitrogen and oxygen atoms in total. The van der Waals surface area contributed by atoms with E-state index in [4.69, 9.17) is 18.9 Å². The van der Waals surface area contributed by atoms with Crippen LogP contribution in [-0.2, 0) is 30.3 Å². The summed E-state index contributed by atoms with van der Waals surface area (Å²) in [7, 11) is 1.26. The second-order valence-corrected chi connectivity index (χ2v) is 8.54. The number of likely N-dealkylation sites (tertiary alicyclic amines) is 1. The number of esters is 1. The van der Waals surface area contributed by atoms with Crippen LogP contribution in [0.25, 0.3) is 0 Å².